The minimum atomic E-state index is -0.325. The van der Waals surface area contributed by atoms with Crippen LogP contribution in [0.2, 0.25) is 0 Å². The monoisotopic (exact) mass is 270 g/mol. The van der Waals surface area contributed by atoms with Gasteiger partial charge in [-0.1, -0.05) is 6.92 Å². The van der Waals surface area contributed by atoms with E-state index in [1.165, 1.54) is 18.2 Å². The zero-order valence-electron chi connectivity index (χ0n) is 8.39. The van der Waals surface area contributed by atoms with Crippen LogP contribution in [-0.4, -0.2) is 29.2 Å². The molecule has 0 saturated carbocycles. The fourth-order valence-electron chi connectivity index (χ4n) is 0.787. The van der Waals surface area contributed by atoms with Crippen molar-refractivity contribution in [3.63, 3.8) is 0 Å². The third-order valence-electron chi connectivity index (χ3n) is 1.68. The van der Waals surface area contributed by atoms with Crippen molar-refractivity contribution in [3.05, 3.63) is 30.1 Å². The van der Waals surface area contributed by atoms with Crippen molar-refractivity contribution >= 4 is 23.1 Å². The molecule has 0 fully saturated rings. The standard InChI is InChI=1S/C10H12FO.BrH.Mg/c1-3-8(2)12-10-7-5-4-6-9(10)11;;/h4,6-8H,3H2,1-2H3;1H;/q-1;;+2/p-1. The molecule has 0 heterocycles. The summed E-state index contributed by atoms with van der Waals surface area (Å²) in [4.78, 5) is 0. The van der Waals surface area contributed by atoms with Gasteiger partial charge in [-0.15, -0.1) is 12.1 Å². The van der Waals surface area contributed by atoms with Gasteiger partial charge in [0.2, 0.25) is 0 Å². The summed E-state index contributed by atoms with van der Waals surface area (Å²) < 4.78 is 18.2. The Labute approximate surface area is 111 Å². The van der Waals surface area contributed by atoms with Crippen LogP contribution in [0.15, 0.2) is 18.2 Å². The average molecular weight is 271 g/mol. The molecule has 0 aliphatic heterocycles. The van der Waals surface area contributed by atoms with E-state index >= 15 is 0 Å². The summed E-state index contributed by atoms with van der Waals surface area (Å²) >= 11 is 0. The molecule has 0 saturated heterocycles. The first-order valence-corrected chi connectivity index (χ1v) is 4.06. The zero-order chi connectivity index (χ0) is 8.97. The van der Waals surface area contributed by atoms with E-state index in [1.54, 1.807) is 0 Å². The van der Waals surface area contributed by atoms with Crippen molar-refractivity contribution in [2.24, 2.45) is 0 Å². The van der Waals surface area contributed by atoms with Crippen LogP contribution in [-0.2, 0) is 0 Å². The van der Waals surface area contributed by atoms with Gasteiger partial charge in [-0.25, -0.2) is 4.39 Å². The van der Waals surface area contributed by atoms with Crippen molar-refractivity contribution < 1.29 is 26.1 Å². The topological polar surface area (TPSA) is 9.23 Å². The van der Waals surface area contributed by atoms with E-state index in [2.05, 4.69) is 6.07 Å². The van der Waals surface area contributed by atoms with Gasteiger partial charge in [0.15, 0.2) is 0 Å². The molecular weight excluding hydrogens is 259 g/mol. The maximum atomic E-state index is 12.9. The Kier molecular flexibility index (Phi) is 10.1. The van der Waals surface area contributed by atoms with Crippen LogP contribution >= 0.6 is 0 Å². The van der Waals surface area contributed by atoms with Crippen LogP contribution in [0.4, 0.5) is 4.39 Å². The van der Waals surface area contributed by atoms with E-state index in [-0.39, 0.29) is 57.7 Å². The largest absolute Gasteiger partial charge is 2.00 e. The molecule has 0 spiro atoms. The molecule has 1 unspecified atom stereocenters. The van der Waals surface area contributed by atoms with Gasteiger partial charge in [-0.3, -0.25) is 0 Å². The fourth-order valence-corrected chi connectivity index (χ4v) is 0.787. The normalized spacial score (nSPS) is 10.8. The molecule has 0 aliphatic rings. The Bertz CT molecular complexity index is 258. The summed E-state index contributed by atoms with van der Waals surface area (Å²) in [5.74, 6) is -0.0408. The maximum absolute atomic E-state index is 12.9. The van der Waals surface area contributed by atoms with E-state index < -0.39 is 0 Å². The minimum absolute atomic E-state index is 0. The van der Waals surface area contributed by atoms with Crippen LogP contribution in [0.3, 0.4) is 0 Å². The number of halogens is 2. The molecule has 0 N–H and O–H groups in total. The fraction of sp³-hybridized carbons (Fsp3) is 0.400. The summed E-state index contributed by atoms with van der Waals surface area (Å²) in [5, 5.41) is 0. The van der Waals surface area contributed by atoms with Gasteiger partial charge in [0, 0.05) is 5.75 Å². The second kappa shape index (κ2) is 8.50. The van der Waals surface area contributed by atoms with Gasteiger partial charge in [0.05, 0.1) is 11.9 Å². The maximum Gasteiger partial charge on any atom is 2.00 e. The Hall–Kier alpha value is 0.196. The van der Waals surface area contributed by atoms with Gasteiger partial charge >= 0.3 is 23.1 Å². The van der Waals surface area contributed by atoms with Gasteiger partial charge in [-0.05, 0) is 13.3 Å². The Morgan fingerprint density at radius 1 is 1.57 bits per heavy atom. The quantitative estimate of drug-likeness (QED) is 0.528. The first-order chi connectivity index (χ1) is 5.74. The Morgan fingerprint density at radius 3 is 2.71 bits per heavy atom. The van der Waals surface area contributed by atoms with Crippen molar-refractivity contribution in [3.8, 4) is 5.75 Å². The molecule has 0 aromatic heterocycles. The second-order valence-corrected chi connectivity index (χ2v) is 2.69. The molecule has 1 nitrogen and oxygen atoms in total. The SMILES string of the molecule is CCC(C)Oc1c[c-]ccc1F.[Br-].[Mg+2]. The molecule has 1 rings (SSSR count). The number of hydrogen-bond donors (Lipinski definition) is 0. The predicted octanol–water partition coefficient (Wildman–Crippen LogP) is -0.574. The molecule has 4 heteroatoms. The van der Waals surface area contributed by atoms with Crippen LogP contribution in [0.1, 0.15) is 20.3 Å². The van der Waals surface area contributed by atoms with E-state index in [4.69, 9.17) is 4.74 Å². The Morgan fingerprint density at radius 2 is 2.21 bits per heavy atom. The summed E-state index contributed by atoms with van der Waals surface area (Å²) in [7, 11) is 0. The summed E-state index contributed by atoms with van der Waals surface area (Å²) in [6.07, 6.45) is 0.921. The smallest absolute Gasteiger partial charge is 1.00 e. The number of rotatable bonds is 3. The minimum Gasteiger partial charge on any atom is -1.00 e. The third-order valence-corrected chi connectivity index (χ3v) is 1.68. The van der Waals surface area contributed by atoms with Crippen LogP contribution in [0, 0.1) is 11.9 Å². The third kappa shape index (κ3) is 5.17. The van der Waals surface area contributed by atoms with E-state index in [0.29, 0.717) is 0 Å². The van der Waals surface area contributed by atoms with Crippen LogP contribution in [0.5, 0.6) is 5.75 Å². The second-order valence-electron chi connectivity index (χ2n) is 2.69. The van der Waals surface area contributed by atoms with Gasteiger partial charge in [0.25, 0.3) is 0 Å². The first-order valence-electron chi connectivity index (χ1n) is 4.06. The van der Waals surface area contributed by atoms with Crippen molar-refractivity contribution in [2.75, 3.05) is 0 Å². The van der Waals surface area contributed by atoms with Crippen molar-refractivity contribution in [2.45, 2.75) is 26.4 Å². The molecule has 0 bridgehead atoms. The van der Waals surface area contributed by atoms with E-state index in [1.807, 2.05) is 13.8 Å². The summed E-state index contributed by atoms with van der Waals surface area (Å²) in [5.41, 5.74) is 0. The number of hydrogen-bond acceptors (Lipinski definition) is 1. The molecule has 0 amide bonds. The van der Waals surface area contributed by atoms with E-state index in [0.717, 1.165) is 6.42 Å². The molecule has 1 aromatic rings. The summed E-state index contributed by atoms with van der Waals surface area (Å²) in [6.45, 7) is 3.90. The number of benzene rings is 1. The van der Waals surface area contributed by atoms with Gasteiger partial charge < -0.3 is 21.7 Å². The molecule has 1 atom stereocenters. The van der Waals surface area contributed by atoms with Crippen LogP contribution in [0.25, 0.3) is 0 Å². The van der Waals surface area contributed by atoms with Crippen LogP contribution < -0.4 is 21.7 Å². The van der Waals surface area contributed by atoms with Gasteiger partial charge in [-0.2, -0.15) is 12.1 Å². The van der Waals surface area contributed by atoms with Gasteiger partial charge in [0.1, 0.15) is 0 Å². The molecule has 0 aliphatic carbocycles. The van der Waals surface area contributed by atoms with Crippen molar-refractivity contribution in [1.82, 2.24) is 0 Å². The molecule has 74 valence electrons. The predicted molar refractivity (Wildman–Crippen MR) is 51.4 cm³/mol. The first kappa shape index (κ1) is 16.6. The van der Waals surface area contributed by atoms with E-state index in [9.17, 15) is 4.39 Å². The molecule has 0 radical (unpaired) electrons. The molecular formula is C10H12BrFMgO. The zero-order valence-corrected chi connectivity index (χ0v) is 11.4. The summed E-state index contributed by atoms with van der Waals surface area (Å²) in [6, 6.07) is 7.15. The van der Waals surface area contributed by atoms with Crippen molar-refractivity contribution in [1.29, 1.82) is 0 Å². The average Bonchev–Trinajstić information content (AvgIpc) is 2.09. The molecule has 14 heavy (non-hydrogen) atoms. The Balaban J connectivity index is 0. The number of ether oxygens (including phenoxy) is 1. The molecule has 1 aromatic carbocycles.